The minimum absolute atomic E-state index is 0.0341. The van der Waals surface area contributed by atoms with Crippen LogP contribution in [0.1, 0.15) is 12.5 Å². The van der Waals surface area contributed by atoms with E-state index < -0.39 is 11.7 Å². The fraction of sp³-hybridized carbons (Fsp3) is 0.417. The molecule has 3 nitrogen and oxygen atoms in total. The molecule has 1 rings (SSSR count). The van der Waals surface area contributed by atoms with Crippen molar-refractivity contribution < 1.29 is 18.0 Å². The largest absolute Gasteiger partial charge is 0.416 e. The molecule has 0 heterocycles. The van der Waals surface area contributed by atoms with Crippen molar-refractivity contribution in [1.29, 1.82) is 0 Å². The lowest BCUT2D eigenvalue weighted by atomic mass is 10.2. The van der Waals surface area contributed by atoms with Gasteiger partial charge >= 0.3 is 6.18 Å². The summed E-state index contributed by atoms with van der Waals surface area (Å²) in [7, 11) is 1.67. The van der Waals surface area contributed by atoms with Crippen LogP contribution >= 0.6 is 11.8 Å². The maximum absolute atomic E-state index is 12.4. The summed E-state index contributed by atoms with van der Waals surface area (Å²) in [5.41, 5.74) is 4.82. The molecule has 106 valence electrons. The Balaban J connectivity index is 2.74. The molecule has 0 aliphatic carbocycles. The van der Waals surface area contributed by atoms with Gasteiger partial charge in [-0.15, -0.1) is 11.8 Å². The summed E-state index contributed by atoms with van der Waals surface area (Å²) < 4.78 is 37.3. The molecule has 0 atom stereocenters. The smallest absolute Gasteiger partial charge is 0.398 e. The number of alkyl halides is 3. The zero-order valence-electron chi connectivity index (χ0n) is 10.6. The Morgan fingerprint density at radius 1 is 1.42 bits per heavy atom. The number of carbonyl (C=O) groups excluding carboxylic acids is 1. The summed E-state index contributed by atoms with van der Waals surface area (Å²) in [6, 6.07) is 3.14. The number of anilines is 1. The summed E-state index contributed by atoms with van der Waals surface area (Å²) >= 11 is 1.13. The Morgan fingerprint density at radius 3 is 2.53 bits per heavy atom. The summed E-state index contributed by atoms with van der Waals surface area (Å²) in [6.07, 6.45) is -4.41. The SMILES string of the molecule is CCN(C)C(=O)CSc1ccc(C(F)(F)F)cc1N. The van der Waals surface area contributed by atoms with E-state index in [1.165, 1.54) is 11.0 Å². The van der Waals surface area contributed by atoms with Crippen molar-refractivity contribution in [3.8, 4) is 0 Å². The predicted octanol–water partition coefficient (Wildman–Crippen LogP) is 2.86. The molecular weight excluding hydrogens is 277 g/mol. The first-order valence-electron chi connectivity index (χ1n) is 5.59. The quantitative estimate of drug-likeness (QED) is 0.685. The number of hydrogen-bond donors (Lipinski definition) is 1. The number of nitrogen functional groups attached to an aromatic ring is 1. The first-order chi connectivity index (χ1) is 8.75. The van der Waals surface area contributed by atoms with Crippen molar-refractivity contribution in [2.24, 2.45) is 0 Å². The van der Waals surface area contributed by atoms with E-state index in [9.17, 15) is 18.0 Å². The second kappa shape index (κ2) is 6.18. The van der Waals surface area contributed by atoms with Gasteiger partial charge in [0.05, 0.1) is 11.3 Å². The fourth-order valence-electron chi connectivity index (χ4n) is 1.28. The van der Waals surface area contributed by atoms with Crippen LogP contribution in [0.2, 0.25) is 0 Å². The minimum atomic E-state index is -4.41. The minimum Gasteiger partial charge on any atom is -0.398 e. The molecule has 0 fully saturated rings. The Bertz CT molecular complexity index is 463. The van der Waals surface area contributed by atoms with Gasteiger partial charge in [0.25, 0.3) is 0 Å². The van der Waals surface area contributed by atoms with Gasteiger partial charge in [-0.2, -0.15) is 13.2 Å². The molecule has 7 heteroatoms. The van der Waals surface area contributed by atoms with E-state index in [1.54, 1.807) is 7.05 Å². The summed E-state index contributed by atoms with van der Waals surface area (Å²) in [5, 5.41) is 0. The average molecular weight is 292 g/mol. The van der Waals surface area contributed by atoms with Crippen LogP contribution < -0.4 is 5.73 Å². The van der Waals surface area contributed by atoms with Gasteiger partial charge in [0, 0.05) is 24.2 Å². The zero-order valence-corrected chi connectivity index (χ0v) is 11.4. The molecule has 1 aromatic carbocycles. The normalized spacial score (nSPS) is 11.4. The van der Waals surface area contributed by atoms with Crippen LogP contribution in [0.5, 0.6) is 0 Å². The molecule has 0 saturated carbocycles. The standard InChI is InChI=1S/C12H15F3N2OS/c1-3-17(2)11(18)7-19-10-5-4-8(6-9(10)16)12(13,14)15/h4-6H,3,7,16H2,1-2H3. The highest BCUT2D eigenvalue weighted by Crippen LogP contribution is 2.34. The van der Waals surface area contributed by atoms with E-state index >= 15 is 0 Å². The van der Waals surface area contributed by atoms with Crippen LogP contribution in [0, 0.1) is 0 Å². The number of thioether (sulfide) groups is 1. The van der Waals surface area contributed by atoms with Gasteiger partial charge in [-0.25, -0.2) is 0 Å². The van der Waals surface area contributed by atoms with E-state index in [0.29, 0.717) is 11.4 Å². The number of nitrogens with two attached hydrogens (primary N) is 1. The number of rotatable bonds is 4. The zero-order chi connectivity index (χ0) is 14.6. The number of hydrogen-bond acceptors (Lipinski definition) is 3. The van der Waals surface area contributed by atoms with Crippen LogP contribution in [0.4, 0.5) is 18.9 Å². The van der Waals surface area contributed by atoms with Crippen LogP contribution in [-0.2, 0) is 11.0 Å². The first kappa shape index (κ1) is 15.7. The number of halogens is 3. The van der Waals surface area contributed by atoms with E-state index in [1.807, 2.05) is 6.92 Å². The van der Waals surface area contributed by atoms with Crippen LogP contribution in [0.15, 0.2) is 23.1 Å². The Morgan fingerprint density at radius 2 is 2.05 bits per heavy atom. The Hall–Kier alpha value is -1.37. The van der Waals surface area contributed by atoms with Gasteiger partial charge in [0.2, 0.25) is 5.91 Å². The second-order valence-corrected chi connectivity index (χ2v) is 4.96. The first-order valence-corrected chi connectivity index (χ1v) is 6.57. The van der Waals surface area contributed by atoms with Crippen LogP contribution in [0.3, 0.4) is 0 Å². The molecule has 0 radical (unpaired) electrons. The third-order valence-corrected chi connectivity index (χ3v) is 3.66. The van der Waals surface area contributed by atoms with Crippen molar-refractivity contribution in [2.45, 2.75) is 18.0 Å². The van der Waals surface area contributed by atoms with Crippen molar-refractivity contribution in [1.82, 2.24) is 4.90 Å². The maximum Gasteiger partial charge on any atom is 0.416 e. The molecular formula is C12H15F3N2OS. The molecule has 0 aromatic heterocycles. The highest BCUT2D eigenvalue weighted by atomic mass is 32.2. The molecule has 0 bridgehead atoms. The van der Waals surface area contributed by atoms with Crippen LogP contribution in [-0.4, -0.2) is 30.2 Å². The van der Waals surface area contributed by atoms with Gasteiger partial charge < -0.3 is 10.6 Å². The maximum atomic E-state index is 12.4. The average Bonchev–Trinajstić information content (AvgIpc) is 2.34. The van der Waals surface area contributed by atoms with E-state index in [2.05, 4.69) is 0 Å². The number of benzene rings is 1. The molecule has 1 amide bonds. The van der Waals surface area contributed by atoms with Gasteiger partial charge in [0.1, 0.15) is 0 Å². The predicted molar refractivity (Wildman–Crippen MR) is 69.9 cm³/mol. The molecule has 0 aliphatic heterocycles. The summed E-state index contributed by atoms with van der Waals surface area (Å²) in [4.78, 5) is 13.6. The van der Waals surface area contributed by atoms with Crippen molar-refractivity contribution >= 4 is 23.4 Å². The number of nitrogens with zero attached hydrogens (tertiary/aromatic N) is 1. The number of amides is 1. The highest BCUT2D eigenvalue weighted by molar-refractivity contribution is 8.00. The third-order valence-electron chi connectivity index (χ3n) is 2.59. The molecule has 19 heavy (non-hydrogen) atoms. The lowest BCUT2D eigenvalue weighted by Gasteiger charge is -2.15. The van der Waals surface area contributed by atoms with Gasteiger partial charge in [0.15, 0.2) is 0 Å². The fourth-order valence-corrected chi connectivity index (χ4v) is 2.17. The molecule has 0 saturated heterocycles. The molecule has 0 unspecified atom stereocenters. The van der Waals surface area contributed by atoms with Crippen molar-refractivity contribution in [3.05, 3.63) is 23.8 Å². The lowest BCUT2D eigenvalue weighted by Crippen LogP contribution is -2.27. The van der Waals surface area contributed by atoms with E-state index in [-0.39, 0.29) is 17.3 Å². The van der Waals surface area contributed by atoms with E-state index in [4.69, 9.17) is 5.73 Å². The van der Waals surface area contributed by atoms with Gasteiger partial charge in [-0.3, -0.25) is 4.79 Å². The highest BCUT2D eigenvalue weighted by Gasteiger charge is 2.30. The summed E-state index contributed by atoms with van der Waals surface area (Å²) in [5.74, 6) is 0.0618. The number of carbonyl (C=O) groups is 1. The molecule has 1 aromatic rings. The van der Waals surface area contributed by atoms with Crippen molar-refractivity contribution in [2.75, 3.05) is 25.1 Å². The monoisotopic (exact) mass is 292 g/mol. The van der Waals surface area contributed by atoms with Crippen molar-refractivity contribution in [3.63, 3.8) is 0 Å². The summed E-state index contributed by atoms with van der Waals surface area (Å²) in [6.45, 7) is 2.43. The topological polar surface area (TPSA) is 46.3 Å². The lowest BCUT2D eigenvalue weighted by molar-refractivity contribution is -0.137. The molecule has 2 N–H and O–H groups in total. The third kappa shape index (κ3) is 4.34. The van der Waals surface area contributed by atoms with Gasteiger partial charge in [-0.1, -0.05) is 0 Å². The second-order valence-electron chi connectivity index (χ2n) is 3.95. The van der Waals surface area contributed by atoms with Crippen LogP contribution in [0.25, 0.3) is 0 Å². The molecule has 0 aliphatic rings. The Kier molecular flexibility index (Phi) is 5.11. The molecule has 0 spiro atoms. The van der Waals surface area contributed by atoms with E-state index in [0.717, 1.165) is 23.9 Å². The van der Waals surface area contributed by atoms with Gasteiger partial charge in [-0.05, 0) is 25.1 Å². The Labute approximate surface area is 114 Å².